The van der Waals surface area contributed by atoms with E-state index in [1.54, 1.807) is 30.3 Å². The molecule has 0 amide bonds. The average molecular weight is 409 g/mol. The van der Waals surface area contributed by atoms with Crippen LogP contribution < -0.4 is 10.9 Å². The zero-order valence-corrected chi connectivity index (χ0v) is 17.0. The van der Waals surface area contributed by atoms with Crippen molar-refractivity contribution in [2.45, 2.75) is 53.5 Å². The van der Waals surface area contributed by atoms with Gasteiger partial charge in [0.05, 0.1) is 22.1 Å². The molecule has 0 unspecified atom stereocenters. The number of hydrogen-bond donors (Lipinski definition) is 2. The Bertz CT molecular complexity index is 1130. The van der Waals surface area contributed by atoms with E-state index in [1.807, 2.05) is 12.1 Å². The van der Waals surface area contributed by atoms with Crippen LogP contribution in [-0.4, -0.2) is 30.5 Å². The van der Waals surface area contributed by atoms with Crippen LogP contribution >= 0.6 is 0 Å². The molecule has 0 atom stereocenters. The molecule has 2 heterocycles. The second kappa shape index (κ2) is 7.16. The minimum absolute atomic E-state index is 0.0117. The monoisotopic (exact) mass is 408 g/mol. The van der Waals surface area contributed by atoms with Crippen molar-refractivity contribution >= 4 is 20.9 Å². The summed E-state index contributed by atoms with van der Waals surface area (Å²) in [6.07, 6.45) is 6.87. The van der Waals surface area contributed by atoms with Crippen LogP contribution in [-0.2, 0) is 9.84 Å². The second-order valence-corrected chi connectivity index (χ2v) is 9.99. The molecule has 3 aromatic rings. The summed E-state index contributed by atoms with van der Waals surface area (Å²) in [6.45, 7) is 1.02. The first-order valence-electron chi connectivity index (χ1n) is 10.1. The maximum atomic E-state index is 13.0. The Morgan fingerprint density at radius 2 is 1.76 bits per heavy atom. The van der Waals surface area contributed by atoms with Crippen LogP contribution in [0, 0.1) is 0 Å². The quantitative estimate of drug-likeness (QED) is 0.691. The lowest BCUT2D eigenvalue weighted by Gasteiger charge is -2.37. The number of rotatable bonds is 3. The van der Waals surface area contributed by atoms with E-state index in [1.165, 1.54) is 6.20 Å². The molecule has 5 rings (SSSR count). The summed E-state index contributed by atoms with van der Waals surface area (Å²) in [5, 5.41) is 0.0117. The van der Waals surface area contributed by atoms with Gasteiger partial charge in [0.2, 0.25) is 9.84 Å². The van der Waals surface area contributed by atoms with Gasteiger partial charge in [-0.2, -0.15) is 0 Å². The molecule has 6 nitrogen and oxygen atoms in total. The fourth-order valence-corrected chi connectivity index (χ4v) is 5.85. The molecule has 2 aliphatic rings. The minimum atomic E-state index is -3.69. The van der Waals surface area contributed by atoms with E-state index in [4.69, 9.17) is 0 Å². The molecule has 0 radical (unpaired) electrons. The average Bonchev–Trinajstić information content (AvgIpc) is 3.22. The van der Waals surface area contributed by atoms with Crippen molar-refractivity contribution in [2.24, 2.45) is 0 Å². The molecule has 1 saturated carbocycles. The standard InChI is InChI=1S/C22H24N4O2S/c27-29(28,17-5-2-1-3-6-17)20-15-23-19-8-4-7-18(21(19)25-20)16-9-11-22(12-10-16)13-14-24-26-22/h1-8,15-16,24,26H,9-14H2. The van der Waals surface area contributed by atoms with Gasteiger partial charge in [0.1, 0.15) is 0 Å². The van der Waals surface area contributed by atoms with Gasteiger partial charge in [0.25, 0.3) is 0 Å². The van der Waals surface area contributed by atoms with E-state index in [9.17, 15) is 8.42 Å². The molecule has 1 aliphatic heterocycles. The Kier molecular flexibility index (Phi) is 4.61. The number of fused-ring (bicyclic) bond motifs is 1. The van der Waals surface area contributed by atoms with E-state index in [0.717, 1.165) is 49.7 Å². The molecule has 2 fully saturated rings. The Morgan fingerprint density at radius 3 is 2.48 bits per heavy atom. The smallest absolute Gasteiger partial charge is 0.225 e. The zero-order valence-electron chi connectivity index (χ0n) is 16.1. The van der Waals surface area contributed by atoms with Crippen molar-refractivity contribution in [1.29, 1.82) is 0 Å². The predicted molar refractivity (Wildman–Crippen MR) is 111 cm³/mol. The maximum Gasteiger partial charge on any atom is 0.225 e. The third kappa shape index (κ3) is 3.33. The van der Waals surface area contributed by atoms with Crippen molar-refractivity contribution in [1.82, 2.24) is 20.8 Å². The lowest BCUT2D eigenvalue weighted by molar-refractivity contribution is 0.235. The summed E-state index contributed by atoms with van der Waals surface area (Å²) >= 11 is 0. The first kappa shape index (κ1) is 18.7. The van der Waals surface area contributed by atoms with Crippen molar-refractivity contribution in [3.05, 3.63) is 60.3 Å². The van der Waals surface area contributed by atoms with Crippen molar-refractivity contribution in [3.63, 3.8) is 0 Å². The number of hydrogen-bond acceptors (Lipinski definition) is 6. The van der Waals surface area contributed by atoms with Crippen LogP contribution in [0.4, 0.5) is 0 Å². The summed E-state index contributed by atoms with van der Waals surface area (Å²) in [4.78, 5) is 9.29. The zero-order chi connectivity index (χ0) is 19.9. The van der Waals surface area contributed by atoms with Crippen LogP contribution in [0.15, 0.2) is 64.6 Å². The molecule has 0 bridgehead atoms. The normalized spacial score (nSPS) is 24.9. The highest BCUT2D eigenvalue weighted by Gasteiger charge is 2.38. The molecule has 1 aromatic heterocycles. The fourth-order valence-electron chi connectivity index (χ4n) is 4.69. The largest absolute Gasteiger partial charge is 0.257 e. The SMILES string of the molecule is O=S(=O)(c1ccccc1)c1cnc2cccc(C3CCC4(CCNN4)CC3)c2n1. The van der Waals surface area contributed by atoms with E-state index < -0.39 is 9.84 Å². The van der Waals surface area contributed by atoms with Gasteiger partial charge in [0, 0.05) is 12.1 Å². The van der Waals surface area contributed by atoms with E-state index >= 15 is 0 Å². The van der Waals surface area contributed by atoms with Gasteiger partial charge in [-0.1, -0.05) is 30.3 Å². The highest BCUT2D eigenvalue weighted by atomic mass is 32.2. The van der Waals surface area contributed by atoms with Gasteiger partial charge in [-0.3, -0.25) is 15.8 Å². The molecule has 1 saturated heterocycles. The number of nitrogens with zero attached hydrogens (tertiary/aromatic N) is 2. The van der Waals surface area contributed by atoms with E-state index in [2.05, 4.69) is 26.9 Å². The van der Waals surface area contributed by atoms with Crippen LogP contribution in [0.3, 0.4) is 0 Å². The number of aromatic nitrogens is 2. The molecule has 150 valence electrons. The number of para-hydroxylation sites is 1. The molecule has 2 aromatic carbocycles. The Balaban J connectivity index is 1.52. The third-order valence-electron chi connectivity index (χ3n) is 6.38. The fraction of sp³-hybridized carbons (Fsp3) is 0.364. The molecule has 1 aliphatic carbocycles. The predicted octanol–water partition coefficient (Wildman–Crippen LogP) is 3.36. The number of hydrazine groups is 1. The van der Waals surface area contributed by atoms with Crippen LogP contribution in [0.25, 0.3) is 11.0 Å². The summed E-state index contributed by atoms with van der Waals surface area (Å²) in [6, 6.07) is 14.4. The highest BCUT2D eigenvalue weighted by Crippen LogP contribution is 2.41. The van der Waals surface area contributed by atoms with Crippen molar-refractivity contribution in [3.8, 4) is 0 Å². The van der Waals surface area contributed by atoms with Crippen molar-refractivity contribution < 1.29 is 8.42 Å². The lowest BCUT2D eigenvalue weighted by atomic mass is 9.73. The van der Waals surface area contributed by atoms with Gasteiger partial charge in [-0.15, -0.1) is 0 Å². The molecular weight excluding hydrogens is 384 g/mol. The molecule has 2 N–H and O–H groups in total. The third-order valence-corrected chi connectivity index (χ3v) is 8.02. The number of benzene rings is 2. The van der Waals surface area contributed by atoms with Crippen LogP contribution in [0.2, 0.25) is 0 Å². The van der Waals surface area contributed by atoms with Crippen LogP contribution in [0.1, 0.15) is 43.6 Å². The first-order valence-corrected chi connectivity index (χ1v) is 11.6. The minimum Gasteiger partial charge on any atom is -0.257 e. The lowest BCUT2D eigenvalue weighted by Crippen LogP contribution is -2.46. The summed E-state index contributed by atoms with van der Waals surface area (Å²) < 4.78 is 26.0. The van der Waals surface area contributed by atoms with Crippen LogP contribution in [0.5, 0.6) is 0 Å². The number of sulfone groups is 1. The molecule has 1 spiro atoms. The highest BCUT2D eigenvalue weighted by molar-refractivity contribution is 7.91. The summed E-state index contributed by atoms with van der Waals surface area (Å²) in [5.74, 6) is 0.371. The summed E-state index contributed by atoms with van der Waals surface area (Å²) in [5.41, 5.74) is 9.52. The molecule has 7 heteroatoms. The molecule has 29 heavy (non-hydrogen) atoms. The Labute approximate surface area is 170 Å². The topological polar surface area (TPSA) is 84.0 Å². The van der Waals surface area contributed by atoms with Crippen molar-refractivity contribution in [2.75, 3.05) is 6.54 Å². The second-order valence-electron chi connectivity index (χ2n) is 8.10. The van der Waals surface area contributed by atoms with Gasteiger partial charge < -0.3 is 0 Å². The summed E-state index contributed by atoms with van der Waals surface area (Å²) in [7, 11) is -3.69. The molecular formula is C22H24N4O2S. The van der Waals surface area contributed by atoms with E-state index in [0.29, 0.717) is 11.4 Å². The van der Waals surface area contributed by atoms with Gasteiger partial charge in [-0.25, -0.2) is 13.4 Å². The van der Waals surface area contributed by atoms with E-state index in [-0.39, 0.29) is 15.5 Å². The van der Waals surface area contributed by atoms with Gasteiger partial charge in [-0.05, 0) is 61.8 Å². The Morgan fingerprint density at radius 1 is 0.966 bits per heavy atom. The number of nitrogens with one attached hydrogen (secondary N) is 2. The van der Waals surface area contributed by atoms with Gasteiger partial charge in [0.15, 0.2) is 5.03 Å². The first-order chi connectivity index (χ1) is 14.1. The van der Waals surface area contributed by atoms with Gasteiger partial charge >= 0.3 is 0 Å². The maximum absolute atomic E-state index is 13.0. The Hall–Kier alpha value is -2.35.